The molecule has 1 heterocycles. The van der Waals surface area contributed by atoms with E-state index in [2.05, 4.69) is 17.5 Å². The number of hydrogen-bond donors (Lipinski definition) is 2. The van der Waals surface area contributed by atoms with Gasteiger partial charge in [0.1, 0.15) is 12.4 Å². The number of thiophene rings is 1. The molecule has 0 saturated heterocycles. The van der Waals surface area contributed by atoms with E-state index in [1.165, 1.54) is 4.70 Å². The van der Waals surface area contributed by atoms with E-state index in [4.69, 9.17) is 16.2 Å². The summed E-state index contributed by atoms with van der Waals surface area (Å²) >= 11 is 1.67. The molecular formula is C16H14N2O2S. The first-order valence-corrected chi connectivity index (χ1v) is 7.30. The molecule has 4 N–H and O–H groups in total. The van der Waals surface area contributed by atoms with E-state index >= 15 is 0 Å². The van der Waals surface area contributed by atoms with Gasteiger partial charge in [0, 0.05) is 22.0 Å². The lowest BCUT2D eigenvalue weighted by Crippen LogP contribution is -2.13. The third-order valence-corrected chi connectivity index (χ3v) is 4.23. The number of ether oxygens (including phenoxy) is 1. The zero-order valence-corrected chi connectivity index (χ0v) is 12.0. The average Bonchev–Trinajstić information content (AvgIpc) is 2.88. The van der Waals surface area contributed by atoms with Crippen LogP contribution in [-0.4, -0.2) is 5.91 Å². The first-order chi connectivity index (χ1) is 10.1. The Morgan fingerprint density at radius 2 is 2.00 bits per heavy atom. The van der Waals surface area contributed by atoms with Crippen molar-refractivity contribution in [2.75, 3.05) is 5.73 Å². The SMILES string of the molecule is NC(=O)c1ccc(N)cc1OCc1csc2ccccc12. The summed E-state index contributed by atoms with van der Waals surface area (Å²) in [6, 6.07) is 13.0. The van der Waals surface area contributed by atoms with Crippen molar-refractivity contribution in [2.45, 2.75) is 6.61 Å². The molecule has 3 rings (SSSR count). The molecule has 1 aromatic heterocycles. The zero-order chi connectivity index (χ0) is 14.8. The van der Waals surface area contributed by atoms with E-state index in [9.17, 15) is 4.79 Å². The number of anilines is 1. The second-order valence-electron chi connectivity index (χ2n) is 4.67. The molecule has 2 aromatic carbocycles. The highest BCUT2D eigenvalue weighted by Crippen LogP contribution is 2.28. The normalized spacial score (nSPS) is 10.7. The standard InChI is InChI=1S/C16H14N2O2S/c17-11-5-6-13(16(18)19)14(7-11)20-8-10-9-21-15-4-2-1-3-12(10)15/h1-7,9H,8,17H2,(H2,18,19). The van der Waals surface area contributed by atoms with E-state index in [-0.39, 0.29) is 0 Å². The van der Waals surface area contributed by atoms with Crippen LogP contribution < -0.4 is 16.2 Å². The number of amides is 1. The lowest BCUT2D eigenvalue weighted by molar-refractivity contribution is 0.0996. The van der Waals surface area contributed by atoms with E-state index < -0.39 is 5.91 Å². The lowest BCUT2D eigenvalue weighted by Gasteiger charge is -2.10. The number of carbonyl (C=O) groups is 1. The molecular weight excluding hydrogens is 284 g/mol. The Balaban J connectivity index is 1.88. The highest BCUT2D eigenvalue weighted by molar-refractivity contribution is 7.17. The highest BCUT2D eigenvalue weighted by Gasteiger charge is 2.11. The van der Waals surface area contributed by atoms with Gasteiger partial charge < -0.3 is 16.2 Å². The fourth-order valence-corrected chi connectivity index (χ4v) is 3.11. The summed E-state index contributed by atoms with van der Waals surface area (Å²) in [5.74, 6) is -0.113. The van der Waals surface area contributed by atoms with Gasteiger partial charge in [-0.2, -0.15) is 0 Å². The van der Waals surface area contributed by atoms with Crippen LogP contribution >= 0.6 is 11.3 Å². The van der Waals surface area contributed by atoms with Crippen LogP contribution in [0, 0.1) is 0 Å². The average molecular weight is 298 g/mol. The molecule has 0 atom stereocenters. The summed E-state index contributed by atoms with van der Waals surface area (Å²) in [5, 5.41) is 3.22. The van der Waals surface area contributed by atoms with Crippen LogP contribution in [0.2, 0.25) is 0 Å². The van der Waals surface area contributed by atoms with Gasteiger partial charge in [-0.05, 0) is 29.0 Å². The molecule has 0 unspecified atom stereocenters. The summed E-state index contributed by atoms with van der Waals surface area (Å²) in [4.78, 5) is 11.4. The molecule has 106 valence electrons. The molecule has 21 heavy (non-hydrogen) atoms. The van der Waals surface area contributed by atoms with Gasteiger partial charge >= 0.3 is 0 Å². The molecule has 0 spiro atoms. The molecule has 0 fully saturated rings. The Kier molecular flexibility index (Phi) is 3.50. The van der Waals surface area contributed by atoms with Crippen LogP contribution in [0.1, 0.15) is 15.9 Å². The first-order valence-electron chi connectivity index (χ1n) is 6.42. The van der Waals surface area contributed by atoms with Gasteiger partial charge in [-0.3, -0.25) is 4.79 Å². The van der Waals surface area contributed by atoms with Crippen molar-refractivity contribution in [1.82, 2.24) is 0 Å². The van der Waals surface area contributed by atoms with E-state index in [0.29, 0.717) is 23.6 Å². The van der Waals surface area contributed by atoms with Gasteiger partial charge in [0.2, 0.25) is 0 Å². The van der Waals surface area contributed by atoms with Crippen molar-refractivity contribution in [3.63, 3.8) is 0 Å². The van der Waals surface area contributed by atoms with Gasteiger partial charge in [0.25, 0.3) is 5.91 Å². The van der Waals surface area contributed by atoms with Crippen molar-refractivity contribution in [3.8, 4) is 5.75 Å². The Bertz CT molecular complexity index is 811. The number of hydrogen-bond acceptors (Lipinski definition) is 4. The van der Waals surface area contributed by atoms with Crippen molar-refractivity contribution in [1.29, 1.82) is 0 Å². The van der Waals surface area contributed by atoms with Crippen molar-refractivity contribution >= 4 is 33.0 Å². The maximum Gasteiger partial charge on any atom is 0.252 e. The minimum absolute atomic E-state index is 0.337. The summed E-state index contributed by atoms with van der Waals surface area (Å²) in [6.45, 7) is 0.369. The number of nitrogen functional groups attached to an aromatic ring is 1. The fourth-order valence-electron chi connectivity index (χ4n) is 2.16. The number of carbonyl (C=O) groups excluding carboxylic acids is 1. The maximum atomic E-state index is 11.4. The third-order valence-electron chi connectivity index (χ3n) is 3.22. The second kappa shape index (κ2) is 5.46. The number of fused-ring (bicyclic) bond motifs is 1. The lowest BCUT2D eigenvalue weighted by atomic mass is 10.1. The molecule has 4 nitrogen and oxygen atoms in total. The predicted octanol–water partition coefficient (Wildman–Crippen LogP) is 3.16. The molecule has 0 aliphatic heterocycles. The summed E-state index contributed by atoms with van der Waals surface area (Å²) in [7, 11) is 0. The molecule has 1 amide bonds. The Morgan fingerprint density at radius 1 is 1.19 bits per heavy atom. The van der Waals surface area contributed by atoms with Crippen LogP contribution in [0.4, 0.5) is 5.69 Å². The molecule has 5 heteroatoms. The van der Waals surface area contributed by atoms with Crippen molar-refractivity contribution in [2.24, 2.45) is 5.73 Å². The fraction of sp³-hybridized carbons (Fsp3) is 0.0625. The van der Waals surface area contributed by atoms with Crippen LogP contribution in [-0.2, 0) is 6.61 Å². The summed E-state index contributed by atoms with van der Waals surface area (Å²) in [5.41, 5.74) is 13.0. The van der Waals surface area contributed by atoms with E-state index in [0.717, 1.165) is 10.9 Å². The molecule has 0 aliphatic carbocycles. The number of rotatable bonds is 4. The van der Waals surface area contributed by atoms with Crippen molar-refractivity contribution < 1.29 is 9.53 Å². The highest BCUT2D eigenvalue weighted by atomic mass is 32.1. The van der Waals surface area contributed by atoms with Gasteiger partial charge in [-0.25, -0.2) is 0 Å². The van der Waals surface area contributed by atoms with Crippen LogP contribution in [0.15, 0.2) is 47.8 Å². The summed E-state index contributed by atoms with van der Waals surface area (Å²) in [6.07, 6.45) is 0. The second-order valence-corrected chi connectivity index (χ2v) is 5.58. The quantitative estimate of drug-likeness (QED) is 0.726. The molecule has 0 bridgehead atoms. The van der Waals surface area contributed by atoms with Gasteiger partial charge in [0.05, 0.1) is 5.56 Å². The van der Waals surface area contributed by atoms with Crippen LogP contribution in [0.3, 0.4) is 0 Å². The van der Waals surface area contributed by atoms with E-state index in [1.54, 1.807) is 29.5 Å². The third kappa shape index (κ3) is 2.68. The van der Waals surface area contributed by atoms with Crippen LogP contribution in [0.5, 0.6) is 5.75 Å². The number of nitrogens with two attached hydrogens (primary N) is 2. The molecule has 3 aromatic rings. The predicted molar refractivity (Wildman–Crippen MR) is 85.5 cm³/mol. The Morgan fingerprint density at radius 3 is 2.81 bits per heavy atom. The first kappa shape index (κ1) is 13.5. The van der Waals surface area contributed by atoms with Gasteiger partial charge in [-0.15, -0.1) is 11.3 Å². The zero-order valence-electron chi connectivity index (χ0n) is 11.2. The largest absolute Gasteiger partial charge is 0.488 e. The van der Waals surface area contributed by atoms with Crippen LogP contribution in [0.25, 0.3) is 10.1 Å². The minimum Gasteiger partial charge on any atom is -0.488 e. The van der Waals surface area contributed by atoms with Gasteiger partial charge in [0.15, 0.2) is 0 Å². The van der Waals surface area contributed by atoms with Crippen molar-refractivity contribution in [3.05, 3.63) is 59.0 Å². The smallest absolute Gasteiger partial charge is 0.252 e. The summed E-state index contributed by atoms with van der Waals surface area (Å²) < 4.78 is 6.96. The minimum atomic E-state index is -0.528. The topological polar surface area (TPSA) is 78.3 Å². The molecule has 0 saturated carbocycles. The number of benzene rings is 2. The molecule has 0 aliphatic rings. The Labute approximate surface area is 125 Å². The molecule has 0 radical (unpaired) electrons. The Hall–Kier alpha value is -2.53. The van der Waals surface area contributed by atoms with Gasteiger partial charge in [-0.1, -0.05) is 18.2 Å². The van der Waals surface area contributed by atoms with E-state index in [1.807, 2.05) is 12.1 Å². The number of primary amides is 1. The monoisotopic (exact) mass is 298 g/mol. The maximum absolute atomic E-state index is 11.4.